The van der Waals surface area contributed by atoms with Gasteiger partial charge in [-0.05, 0) is 39.5 Å². The minimum absolute atomic E-state index is 0.108. The predicted molar refractivity (Wildman–Crippen MR) is 60.3 cm³/mol. The van der Waals surface area contributed by atoms with E-state index in [-0.39, 0.29) is 11.3 Å². The van der Waals surface area contributed by atoms with Gasteiger partial charge < -0.3 is 10.2 Å². The highest BCUT2D eigenvalue weighted by Gasteiger charge is 2.11. The number of hydrogen-bond donors (Lipinski definition) is 2. The van der Waals surface area contributed by atoms with E-state index in [9.17, 15) is 9.90 Å². The summed E-state index contributed by atoms with van der Waals surface area (Å²) in [5.74, 6) is -0.871. The van der Waals surface area contributed by atoms with Gasteiger partial charge in [-0.25, -0.2) is 4.79 Å². The molecule has 2 rings (SSSR count). The van der Waals surface area contributed by atoms with Crippen LogP contribution in [0.1, 0.15) is 10.4 Å². The van der Waals surface area contributed by atoms with E-state index in [2.05, 4.69) is 15.9 Å². The first-order chi connectivity index (χ1) is 7.09. The summed E-state index contributed by atoms with van der Waals surface area (Å²) in [5, 5.41) is 19.7. The summed E-state index contributed by atoms with van der Waals surface area (Å²) < 4.78 is 0.579. The number of benzene rings is 2. The molecule has 0 aromatic heterocycles. The molecule has 2 N–H and O–H groups in total. The van der Waals surface area contributed by atoms with E-state index >= 15 is 0 Å². The van der Waals surface area contributed by atoms with E-state index in [1.54, 1.807) is 12.1 Å². The number of carboxylic acid groups (broad SMARTS) is 1. The van der Waals surface area contributed by atoms with Gasteiger partial charge in [-0.2, -0.15) is 0 Å². The molecule has 76 valence electrons. The molecule has 0 fully saturated rings. The fourth-order valence-corrected chi connectivity index (χ4v) is 2.22. The second-order valence-corrected chi connectivity index (χ2v) is 3.99. The van der Waals surface area contributed by atoms with Crippen molar-refractivity contribution in [3.63, 3.8) is 0 Å². The lowest BCUT2D eigenvalue weighted by Gasteiger charge is -2.05. The zero-order valence-electron chi connectivity index (χ0n) is 7.57. The smallest absolute Gasteiger partial charge is 0.336 e. The average Bonchev–Trinajstić information content (AvgIpc) is 2.16. The Morgan fingerprint density at radius 1 is 1.27 bits per heavy atom. The van der Waals surface area contributed by atoms with Gasteiger partial charge in [0.15, 0.2) is 0 Å². The molecule has 0 aliphatic rings. The van der Waals surface area contributed by atoms with Crippen LogP contribution in [0.5, 0.6) is 5.75 Å². The Morgan fingerprint density at radius 3 is 2.67 bits per heavy atom. The Kier molecular flexibility index (Phi) is 2.36. The second kappa shape index (κ2) is 3.55. The summed E-state index contributed by atoms with van der Waals surface area (Å²) in [6, 6.07) is 7.96. The lowest BCUT2D eigenvalue weighted by atomic mass is 10.0. The maximum Gasteiger partial charge on any atom is 0.336 e. The predicted octanol–water partition coefficient (Wildman–Crippen LogP) is 3.01. The van der Waals surface area contributed by atoms with Crippen molar-refractivity contribution >= 4 is 32.7 Å². The largest absolute Gasteiger partial charge is 0.508 e. The second-order valence-electron chi connectivity index (χ2n) is 3.14. The zero-order chi connectivity index (χ0) is 11.0. The normalized spacial score (nSPS) is 10.5. The number of phenols is 1. The van der Waals surface area contributed by atoms with Crippen LogP contribution in [0.3, 0.4) is 0 Å². The Hall–Kier alpha value is -1.55. The van der Waals surface area contributed by atoms with Crippen LogP contribution in [0.25, 0.3) is 10.8 Å². The Balaban J connectivity index is 2.91. The van der Waals surface area contributed by atoms with E-state index in [1.807, 2.05) is 0 Å². The highest BCUT2D eigenvalue weighted by Crippen LogP contribution is 2.31. The molecule has 15 heavy (non-hydrogen) atoms. The van der Waals surface area contributed by atoms with Gasteiger partial charge in [0.2, 0.25) is 0 Å². The van der Waals surface area contributed by atoms with Crippen molar-refractivity contribution < 1.29 is 15.0 Å². The molecule has 0 saturated carbocycles. The van der Waals surface area contributed by atoms with E-state index in [1.165, 1.54) is 18.2 Å². The first-order valence-corrected chi connectivity index (χ1v) is 5.03. The molecule has 0 saturated heterocycles. The average molecular weight is 267 g/mol. The third kappa shape index (κ3) is 1.68. The Morgan fingerprint density at radius 2 is 2.00 bits per heavy atom. The van der Waals surface area contributed by atoms with Crippen LogP contribution in [0.2, 0.25) is 0 Å². The number of hydrogen-bond acceptors (Lipinski definition) is 2. The summed E-state index contributed by atoms with van der Waals surface area (Å²) in [6.45, 7) is 0. The minimum Gasteiger partial charge on any atom is -0.508 e. The number of fused-ring (bicyclic) bond motifs is 1. The number of aromatic hydroxyl groups is 1. The number of phenolic OH excluding ortho intramolecular Hbond substituents is 1. The van der Waals surface area contributed by atoms with Crippen molar-refractivity contribution in [3.05, 3.63) is 40.4 Å². The SMILES string of the molecule is O=C(O)c1cccc2cc(O)cc(Br)c12. The molecule has 3 nitrogen and oxygen atoms in total. The van der Waals surface area contributed by atoms with Gasteiger partial charge in [0, 0.05) is 9.86 Å². The molecule has 0 unspecified atom stereocenters. The zero-order valence-corrected chi connectivity index (χ0v) is 9.15. The molecule has 2 aromatic rings. The van der Waals surface area contributed by atoms with Crippen LogP contribution in [-0.4, -0.2) is 16.2 Å². The van der Waals surface area contributed by atoms with Crippen molar-refractivity contribution in [1.82, 2.24) is 0 Å². The monoisotopic (exact) mass is 266 g/mol. The first-order valence-electron chi connectivity index (χ1n) is 4.24. The van der Waals surface area contributed by atoms with E-state index in [4.69, 9.17) is 5.11 Å². The lowest BCUT2D eigenvalue weighted by molar-refractivity contribution is 0.0699. The standard InChI is InChI=1S/C11H7BrO3/c12-9-5-7(13)4-6-2-1-3-8(10(6)9)11(14)15/h1-5,13H,(H,14,15). The third-order valence-electron chi connectivity index (χ3n) is 2.14. The van der Waals surface area contributed by atoms with Gasteiger partial charge in [-0.1, -0.05) is 12.1 Å². The lowest BCUT2D eigenvalue weighted by Crippen LogP contribution is -1.97. The van der Waals surface area contributed by atoms with Crippen LogP contribution in [0.15, 0.2) is 34.8 Å². The van der Waals surface area contributed by atoms with Gasteiger partial charge in [-0.3, -0.25) is 0 Å². The minimum atomic E-state index is -0.980. The van der Waals surface area contributed by atoms with Crippen molar-refractivity contribution in [3.8, 4) is 5.75 Å². The molecule has 0 heterocycles. The molecule has 0 radical (unpaired) electrons. The van der Waals surface area contributed by atoms with Gasteiger partial charge in [0.1, 0.15) is 5.75 Å². The Bertz CT molecular complexity index is 549. The van der Waals surface area contributed by atoms with Crippen molar-refractivity contribution in [2.75, 3.05) is 0 Å². The summed E-state index contributed by atoms with van der Waals surface area (Å²) in [7, 11) is 0. The summed E-state index contributed by atoms with van der Waals surface area (Å²) >= 11 is 3.24. The molecule has 0 spiro atoms. The number of halogens is 1. The maximum atomic E-state index is 11.0. The van der Waals surface area contributed by atoms with Gasteiger partial charge in [-0.15, -0.1) is 0 Å². The molecule has 0 bridgehead atoms. The number of carboxylic acids is 1. The fraction of sp³-hybridized carbons (Fsp3) is 0. The van der Waals surface area contributed by atoms with Crippen LogP contribution in [-0.2, 0) is 0 Å². The topological polar surface area (TPSA) is 57.5 Å². The molecule has 0 atom stereocenters. The van der Waals surface area contributed by atoms with Crippen molar-refractivity contribution in [2.45, 2.75) is 0 Å². The van der Waals surface area contributed by atoms with Crippen LogP contribution in [0.4, 0.5) is 0 Å². The maximum absolute atomic E-state index is 11.0. The third-order valence-corrected chi connectivity index (χ3v) is 2.77. The van der Waals surface area contributed by atoms with Gasteiger partial charge in [0.25, 0.3) is 0 Å². The molecule has 0 aliphatic carbocycles. The number of carbonyl (C=O) groups is 1. The van der Waals surface area contributed by atoms with Gasteiger partial charge in [0.05, 0.1) is 5.56 Å². The molecule has 2 aromatic carbocycles. The van der Waals surface area contributed by atoms with E-state index in [0.717, 1.165) is 0 Å². The molecule has 0 amide bonds. The highest BCUT2D eigenvalue weighted by molar-refractivity contribution is 9.10. The van der Waals surface area contributed by atoms with Gasteiger partial charge >= 0.3 is 5.97 Å². The quantitative estimate of drug-likeness (QED) is 0.834. The Labute approximate surface area is 94.1 Å². The first kappa shape index (κ1) is 9.98. The molecular weight excluding hydrogens is 260 g/mol. The summed E-state index contributed by atoms with van der Waals surface area (Å²) in [6.07, 6.45) is 0. The molecule has 4 heteroatoms. The van der Waals surface area contributed by atoms with Crippen LogP contribution < -0.4 is 0 Å². The molecular formula is C11H7BrO3. The highest BCUT2D eigenvalue weighted by atomic mass is 79.9. The van der Waals surface area contributed by atoms with Crippen molar-refractivity contribution in [2.24, 2.45) is 0 Å². The number of aromatic carboxylic acids is 1. The van der Waals surface area contributed by atoms with Crippen LogP contribution >= 0.6 is 15.9 Å². The summed E-state index contributed by atoms with van der Waals surface area (Å²) in [4.78, 5) is 11.0. The number of rotatable bonds is 1. The molecule has 0 aliphatic heterocycles. The van der Waals surface area contributed by atoms with E-state index in [0.29, 0.717) is 15.2 Å². The summed E-state index contributed by atoms with van der Waals surface area (Å²) in [5.41, 5.74) is 0.222. The fourth-order valence-electron chi connectivity index (χ4n) is 1.54. The van der Waals surface area contributed by atoms with Crippen molar-refractivity contribution in [1.29, 1.82) is 0 Å². The van der Waals surface area contributed by atoms with Crippen LogP contribution in [0, 0.1) is 0 Å². The van der Waals surface area contributed by atoms with E-state index < -0.39 is 5.97 Å².